The maximum absolute atomic E-state index is 14.4. The number of aliphatic hydroxyl groups is 1. The fourth-order valence-corrected chi connectivity index (χ4v) is 12.1. The van der Waals surface area contributed by atoms with Crippen LogP contribution >= 0.6 is 11.6 Å². The first kappa shape index (κ1) is 46.0. The lowest BCUT2D eigenvalue weighted by molar-refractivity contribution is 0.00694. The first-order valence-corrected chi connectivity index (χ1v) is 24.6. The maximum Gasteiger partial charge on any atom is 0.338 e. The number of methoxy groups -OCH3 is 2. The third kappa shape index (κ3) is 9.98. The van der Waals surface area contributed by atoms with E-state index in [-0.39, 0.29) is 42.2 Å². The molecule has 0 bridgehead atoms. The van der Waals surface area contributed by atoms with Crippen LogP contribution in [0.1, 0.15) is 98.8 Å². The van der Waals surface area contributed by atoms with Crippen molar-refractivity contribution < 1.29 is 37.3 Å². The summed E-state index contributed by atoms with van der Waals surface area (Å²) < 4.78 is 53.4. The number of hydrogen-bond donors (Lipinski definition) is 1. The van der Waals surface area contributed by atoms with Gasteiger partial charge in [0.15, 0.2) is 0 Å². The number of fused-ring (bicyclic) bond motifs is 3. The number of halogens is 1. The van der Waals surface area contributed by atoms with E-state index in [9.17, 15) is 18.3 Å². The van der Waals surface area contributed by atoms with Crippen molar-refractivity contribution in [1.29, 1.82) is 0 Å². The molecule has 6 atom stereocenters. The van der Waals surface area contributed by atoms with E-state index in [2.05, 4.69) is 23.1 Å². The number of nitrogens with zero attached hydrogens (tertiary/aromatic N) is 2. The second-order valence-electron chi connectivity index (χ2n) is 19.5. The van der Waals surface area contributed by atoms with Gasteiger partial charge in [-0.05, 0) is 173 Å². The molecule has 1 heterocycles. The second-order valence-corrected chi connectivity index (χ2v) is 22.3. The van der Waals surface area contributed by atoms with Crippen LogP contribution in [0.2, 0.25) is 5.02 Å². The molecular weight excluding hydrogens is 848 g/mol. The predicted molar refractivity (Wildman–Crippen MR) is 252 cm³/mol. The number of carbonyl (C=O) groups is 1. The topological polar surface area (TPSA) is 115 Å². The average molecular weight is 912 g/mol. The summed E-state index contributed by atoms with van der Waals surface area (Å²) in [4.78, 5) is 15.8. The van der Waals surface area contributed by atoms with Crippen LogP contribution in [0.25, 0.3) is 0 Å². The van der Waals surface area contributed by atoms with Crippen molar-refractivity contribution in [3.8, 4) is 17.2 Å². The summed E-state index contributed by atoms with van der Waals surface area (Å²) in [6.07, 6.45) is 7.48. The quantitative estimate of drug-likeness (QED) is 0.0920. The standard InChI is InChI=1S/C52H63ClN2O8S/c1-34(64(58,59)55(29-35-9-16-43(60-5)17-10-35)30-36-11-18-44(61-6)19-12-36)24-37-25-41(26-37)49(56)45-20-13-40(45)31-54-32-52(23-7-8-38-27-42(53)15-21-46(38)52)33-62-48-22-14-39(28-47(48)54)50(57)63-51(2,3)4/h9-12,14-19,21-22,25,27-28,34,37,40,45,49,56H,7-8,13,20,23-24,26,29-33H2,1-6H3/t34-,37-,40+,45-,49+,52+/m1/s1. The van der Waals surface area contributed by atoms with Gasteiger partial charge in [0.05, 0.1) is 43.4 Å². The summed E-state index contributed by atoms with van der Waals surface area (Å²) in [6.45, 7) is 9.79. The smallest absolute Gasteiger partial charge is 0.338 e. The van der Waals surface area contributed by atoms with Gasteiger partial charge in [-0.3, -0.25) is 0 Å². The molecule has 0 aromatic heterocycles. The van der Waals surface area contributed by atoms with Gasteiger partial charge in [-0.2, -0.15) is 4.31 Å². The molecule has 4 aromatic rings. The molecule has 0 amide bonds. The number of ether oxygens (including phenoxy) is 4. The SMILES string of the molecule is COc1ccc(CN(Cc2ccc(OC)cc2)S(=O)(=O)[C@H](C)C[C@@H]2C=C([C@H](O)[C@@H]3CC[C@H]3CN3C[C@@]4(CCCc5cc(Cl)ccc54)COc4ccc(C(=O)OC(C)(C)C)cc43)C2)cc1. The van der Waals surface area contributed by atoms with E-state index in [1.54, 1.807) is 31.5 Å². The van der Waals surface area contributed by atoms with Crippen LogP contribution in [-0.4, -0.2) is 74.7 Å². The van der Waals surface area contributed by atoms with Gasteiger partial charge in [0.2, 0.25) is 10.0 Å². The molecule has 3 aliphatic carbocycles. The van der Waals surface area contributed by atoms with Crippen molar-refractivity contribution in [2.75, 3.05) is 38.8 Å². The number of aryl methyl sites for hydroxylation is 1. The van der Waals surface area contributed by atoms with Gasteiger partial charge >= 0.3 is 5.97 Å². The number of rotatable bonds is 15. The van der Waals surface area contributed by atoms with Gasteiger partial charge in [-0.1, -0.05) is 48.0 Å². The number of carbonyl (C=O) groups excluding carboxylic acids is 1. The van der Waals surface area contributed by atoms with E-state index in [0.717, 1.165) is 65.3 Å². The highest BCUT2D eigenvalue weighted by molar-refractivity contribution is 7.89. The van der Waals surface area contributed by atoms with E-state index in [1.165, 1.54) is 11.1 Å². The fraction of sp³-hybridized carbons (Fsp3) is 0.481. The van der Waals surface area contributed by atoms with E-state index in [0.29, 0.717) is 49.6 Å². The van der Waals surface area contributed by atoms with Crippen LogP contribution in [0.5, 0.6) is 17.2 Å². The van der Waals surface area contributed by atoms with Crippen LogP contribution in [0, 0.1) is 17.8 Å². The minimum atomic E-state index is -3.72. The van der Waals surface area contributed by atoms with Crippen LogP contribution in [0.3, 0.4) is 0 Å². The third-order valence-corrected chi connectivity index (χ3v) is 16.3. The molecular formula is C52H63ClN2O8S. The zero-order valence-electron chi connectivity index (χ0n) is 38.0. The normalized spacial score (nSPS) is 22.7. The monoisotopic (exact) mass is 910 g/mol. The van der Waals surface area contributed by atoms with Crippen molar-refractivity contribution in [1.82, 2.24) is 4.31 Å². The zero-order valence-corrected chi connectivity index (χ0v) is 39.6. The Kier molecular flexibility index (Phi) is 13.5. The van der Waals surface area contributed by atoms with Gasteiger partial charge in [0.1, 0.15) is 22.8 Å². The average Bonchev–Trinajstić information content (AvgIpc) is 3.39. The molecule has 4 aromatic carbocycles. The molecule has 1 saturated carbocycles. The molecule has 10 nitrogen and oxygen atoms in total. The highest BCUT2D eigenvalue weighted by Gasteiger charge is 2.46. The Balaban J connectivity index is 0.976. The molecule has 8 rings (SSSR count). The molecule has 1 fully saturated rings. The van der Waals surface area contributed by atoms with Crippen LogP contribution in [-0.2, 0) is 39.7 Å². The number of aliphatic hydroxyl groups excluding tert-OH is 1. The van der Waals surface area contributed by atoms with Gasteiger partial charge in [0.25, 0.3) is 0 Å². The summed E-state index contributed by atoms with van der Waals surface area (Å²) in [7, 11) is -0.501. The summed E-state index contributed by atoms with van der Waals surface area (Å²) in [5.41, 5.74) is 5.71. The zero-order chi connectivity index (χ0) is 45.4. The van der Waals surface area contributed by atoms with Gasteiger partial charge < -0.3 is 29.0 Å². The van der Waals surface area contributed by atoms with E-state index in [4.69, 9.17) is 30.5 Å². The molecule has 0 radical (unpaired) electrons. The van der Waals surface area contributed by atoms with E-state index < -0.39 is 27.0 Å². The van der Waals surface area contributed by atoms with Gasteiger partial charge in [0, 0.05) is 36.6 Å². The summed E-state index contributed by atoms with van der Waals surface area (Å²) in [5.74, 6) is 2.11. The highest BCUT2D eigenvalue weighted by atomic mass is 35.5. The molecule has 0 unspecified atom stereocenters. The molecule has 4 aliphatic rings. The summed E-state index contributed by atoms with van der Waals surface area (Å²) in [6, 6.07) is 26.9. The predicted octanol–water partition coefficient (Wildman–Crippen LogP) is 9.93. The summed E-state index contributed by atoms with van der Waals surface area (Å²) in [5, 5.41) is 12.0. The molecule has 1 aliphatic heterocycles. The Hall–Kier alpha value is -4.55. The number of sulfonamides is 1. The molecule has 12 heteroatoms. The lowest BCUT2D eigenvalue weighted by Gasteiger charge is -2.47. The molecule has 1 spiro atoms. The van der Waals surface area contributed by atoms with Crippen LogP contribution < -0.4 is 19.1 Å². The Morgan fingerprint density at radius 1 is 0.953 bits per heavy atom. The van der Waals surface area contributed by atoms with E-state index >= 15 is 0 Å². The van der Waals surface area contributed by atoms with Crippen molar-refractivity contribution in [3.05, 3.63) is 129 Å². The fourth-order valence-electron chi connectivity index (χ4n) is 10.2. The van der Waals surface area contributed by atoms with Crippen molar-refractivity contribution in [3.63, 3.8) is 0 Å². The first-order valence-electron chi connectivity index (χ1n) is 22.7. The maximum atomic E-state index is 14.4. The number of benzene rings is 4. The number of anilines is 1. The third-order valence-electron chi connectivity index (χ3n) is 13.9. The Morgan fingerprint density at radius 2 is 1.61 bits per heavy atom. The minimum absolute atomic E-state index is 0.0532. The molecule has 342 valence electrons. The summed E-state index contributed by atoms with van der Waals surface area (Å²) >= 11 is 6.50. The Bertz CT molecular complexity index is 2400. The second kappa shape index (κ2) is 18.7. The van der Waals surface area contributed by atoms with Gasteiger partial charge in [-0.15, -0.1) is 0 Å². The van der Waals surface area contributed by atoms with E-state index in [1.807, 2.05) is 87.5 Å². The number of hydrogen-bond acceptors (Lipinski definition) is 9. The van der Waals surface area contributed by atoms with Crippen LogP contribution in [0.15, 0.2) is 96.6 Å². The first-order chi connectivity index (χ1) is 30.5. The minimum Gasteiger partial charge on any atom is -0.497 e. The molecule has 64 heavy (non-hydrogen) atoms. The number of allylic oxidation sites excluding steroid dienone is 1. The molecule has 0 saturated heterocycles. The van der Waals surface area contributed by atoms with Crippen molar-refractivity contribution in [2.45, 2.75) is 108 Å². The van der Waals surface area contributed by atoms with Gasteiger partial charge in [-0.25, -0.2) is 13.2 Å². The lowest BCUT2D eigenvalue weighted by Crippen LogP contribution is -2.50. The Morgan fingerprint density at radius 3 is 2.20 bits per heavy atom. The number of esters is 1. The highest BCUT2D eigenvalue weighted by Crippen LogP contribution is 2.48. The van der Waals surface area contributed by atoms with Crippen LogP contribution in [0.4, 0.5) is 5.69 Å². The van der Waals surface area contributed by atoms with Crippen molar-refractivity contribution >= 4 is 33.3 Å². The Labute approximate surface area is 384 Å². The van der Waals surface area contributed by atoms with Crippen molar-refractivity contribution in [2.24, 2.45) is 17.8 Å². The lowest BCUT2D eigenvalue weighted by atomic mass is 9.65. The largest absolute Gasteiger partial charge is 0.497 e. The molecule has 1 N–H and O–H groups in total.